The lowest BCUT2D eigenvalue weighted by molar-refractivity contribution is -0.153. The zero-order valence-electron chi connectivity index (χ0n) is 24.9. The van der Waals surface area contributed by atoms with Crippen LogP contribution in [0.4, 0.5) is 0 Å². The second-order valence-electron chi connectivity index (χ2n) is 13.7. The Kier molecular flexibility index (Phi) is 7.04. The van der Waals surface area contributed by atoms with E-state index >= 15 is 0 Å². The van der Waals surface area contributed by atoms with Crippen LogP contribution in [0.15, 0.2) is 23.0 Å². The molecular formula is C31H42N2O7. The summed E-state index contributed by atoms with van der Waals surface area (Å²) in [5.74, 6) is -5.73. The molecule has 1 aromatic carbocycles. The summed E-state index contributed by atoms with van der Waals surface area (Å²) in [6, 6.07) is 0.868. The van der Waals surface area contributed by atoms with E-state index in [0.29, 0.717) is 18.4 Å². The Bertz CT molecular complexity index is 1370. The number of phenols is 1. The standard InChI is InChI=1S/C31H42N2O7/c1-10-14-12-18(29(2,3)4)23(34)20-16(14)11-15-13-17-22(33(8)9)25(36)21(28(39)32-30(5,6)7)27(38)31(17,40)26(37)19(15)24(20)35/h12,15,17,22,34-35,38,40H,10-11,13H2,1-9H3,(H,32,39). The molecule has 0 aliphatic heterocycles. The number of hydrogen-bond acceptors (Lipinski definition) is 8. The van der Waals surface area contributed by atoms with Crippen molar-refractivity contribution in [1.29, 1.82) is 0 Å². The molecule has 40 heavy (non-hydrogen) atoms. The fourth-order valence-electron chi connectivity index (χ4n) is 6.66. The fourth-order valence-corrected chi connectivity index (χ4v) is 6.66. The van der Waals surface area contributed by atoms with Gasteiger partial charge in [-0.25, -0.2) is 0 Å². The van der Waals surface area contributed by atoms with Crippen LogP contribution in [0.5, 0.6) is 5.75 Å². The highest BCUT2D eigenvalue weighted by Gasteiger charge is 2.64. The summed E-state index contributed by atoms with van der Waals surface area (Å²) in [6.07, 6.45) is 1.04. The molecule has 4 atom stereocenters. The zero-order chi connectivity index (χ0) is 30.3. The molecule has 9 heteroatoms. The molecule has 4 unspecified atom stereocenters. The lowest BCUT2D eigenvalue weighted by atomic mass is 9.57. The van der Waals surface area contributed by atoms with Crippen LogP contribution < -0.4 is 5.32 Å². The molecular weight excluding hydrogens is 512 g/mol. The number of ketones is 2. The minimum atomic E-state index is -2.62. The number of nitrogens with zero attached hydrogens (tertiary/aromatic N) is 1. The molecule has 0 saturated heterocycles. The Morgan fingerprint density at radius 3 is 2.20 bits per heavy atom. The fraction of sp³-hybridized carbons (Fsp3) is 0.581. The predicted octanol–water partition coefficient (Wildman–Crippen LogP) is 3.25. The highest BCUT2D eigenvalue weighted by atomic mass is 16.3. The second kappa shape index (κ2) is 9.45. The monoisotopic (exact) mass is 554 g/mol. The number of aliphatic hydroxyl groups is 3. The van der Waals surface area contributed by atoms with Gasteiger partial charge in [0.1, 0.15) is 22.8 Å². The molecule has 9 nitrogen and oxygen atoms in total. The van der Waals surface area contributed by atoms with Crippen molar-refractivity contribution in [2.75, 3.05) is 14.1 Å². The van der Waals surface area contributed by atoms with E-state index in [1.54, 1.807) is 39.8 Å². The largest absolute Gasteiger partial charge is 0.508 e. The summed E-state index contributed by atoms with van der Waals surface area (Å²) in [4.78, 5) is 42.6. The number of phenolic OH excluding ortho intramolecular Hbond substituents is 1. The topological polar surface area (TPSA) is 147 Å². The average molecular weight is 555 g/mol. The summed E-state index contributed by atoms with van der Waals surface area (Å²) in [5.41, 5.74) is -2.16. The summed E-state index contributed by atoms with van der Waals surface area (Å²) in [6.45, 7) is 12.9. The van der Waals surface area contributed by atoms with Crippen molar-refractivity contribution < 1.29 is 34.8 Å². The van der Waals surface area contributed by atoms with E-state index in [-0.39, 0.29) is 23.3 Å². The molecule has 0 spiro atoms. The number of nitrogens with one attached hydrogen (secondary N) is 1. The molecule has 4 rings (SSSR count). The van der Waals surface area contributed by atoms with Crippen molar-refractivity contribution >= 4 is 23.2 Å². The first-order valence-electron chi connectivity index (χ1n) is 13.8. The first kappa shape index (κ1) is 29.8. The van der Waals surface area contributed by atoms with Gasteiger partial charge >= 0.3 is 0 Å². The van der Waals surface area contributed by atoms with Gasteiger partial charge in [0.05, 0.1) is 11.6 Å². The van der Waals surface area contributed by atoms with Crippen molar-refractivity contribution in [2.45, 2.75) is 90.3 Å². The van der Waals surface area contributed by atoms with E-state index in [4.69, 9.17) is 0 Å². The van der Waals surface area contributed by atoms with Gasteiger partial charge in [-0.2, -0.15) is 0 Å². The number of hydrogen-bond donors (Lipinski definition) is 5. The van der Waals surface area contributed by atoms with E-state index in [1.807, 2.05) is 33.8 Å². The Hall–Kier alpha value is -3.17. The van der Waals surface area contributed by atoms with Crippen molar-refractivity contribution in [1.82, 2.24) is 10.2 Å². The number of carbonyl (C=O) groups excluding carboxylic acids is 3. The van der Waals surface area contributed by atoms with Gasteiger partial charge in [-0.3, -0.25) is 19.3 Å². The third kappa shape index (κ3) is 4.34. The Balaban J connectivity index is 1.99. The molecule has 218 valence electrons. The first-order valence-corrected chi connectivity index (χ1v) is 13.8. The SMILES string of the molecule is CCc1cc(C(C)(C)C)c(O)c2c1CC1CC3C(N(C)C)C(=O)C(C(=O)NC(C)(C)C)=C(O)C3(O)C(=O)C1=C2O. The maximum atomic E-state index is 14.2. The van der Waals surface area contributed by atoms with Crippen LogP contribution in [0.1, 0.15) is 77.1 Å². The third-order valence-electron chi connectivity index (χ3n) is 8.47. The molecule has 0 heterocycles. The van der Waals surface area contributed by atoms with E-state index in [1.165, 1.54) is 0 Å². The van der Waals surface area contributed by atoms with Crippen LogP contribution >= 0.6 is 0 Å². The van der Waals surface area contributed by atoms with Gasteiger partial charge < -0.3 is 25.7 Å². The molecule has 0 aromatic heterocycles. The average Bonchev–Trinajstić information content (AvgIpc) is 2.79. The summed E-state index contributed by atoms with van der Waals surface area (Å²) in [5, 5.41) is 48.9. The number of carbonyl (C=O) groups is 3. The maximum absolute atomic E-state index is 14.2. The van der Waals surface area contributed by atoms with E-state index < -0.39 is 69.0 Å². The van der Waals surface area contributed by atoms with Crippen LogP contribution in [-0.4, -0.2) is 74.1 Å². The van der Waals surface area contributed by atoms with Crippen molar-refractivity contribution in [3.63, 3.8) is 0 Å². The number of aromatic hydroxyl groups is 1. The zero-order valence-corrected chi connectivity index (χ0v) is 24.9. The number of Topliss-reactive ketones (excluding diaryl/α,β-unsaturated/α-hetero) is 2. The number of likely N-dealkylation sites (N-methyl/N-ethyl adjacent to an activating group) is 1. The maximum Gasteiger partial charge on any atom is 0.258 e. The van der Waals surface area contributed by atoms with Crippen molar-refractivity contribution in [2.24, 2.45) is 11.8 Å². The minimum absolute atomic E-state index is 0.0961. The smallest absolute Gasteiger partial charge is 0.258 e. The molecule has 0 radical (unpaired) electrons. The number of fused-ring (bicyclic) bond motifs is 3. The van der Waals surface area contributed by atoms with E-state index in [2.05, 4.69) is 5.32 Å². The van der Waals surface area contributed by atoms with Gasteiger partial charge in [0.2, 0.25) is 5.78 Å². The molecule has 1 aromatic rings. The molecule has 1 amide bonds. The molecule has 0 bridgehead atoms. The van der Waals surface area contributed by atoms with Crippen LogP contribution in [0.2, 0.25) is 0 Å². The van der Waals surface area contributed by atoms with Crippen LogP contribution in [0.25, 0.3) is 5.76 Å². The van der Waals surface area contributed by atoms with Crippen molar-refractivity contribution in [3.8, 4) is 5.75 Å². The summed E-state index contributed by atoms with van der Waals surface area (Å²) < 4.78 is 0. The summed E-state index contributed by atoms with van der Waals surface area (Å²) in [7, 11) is 3.24. The quantitative estimate of drug-likeness (QED) is 0.358. The van der Waals surface area contributed by atoms with Crippen LogP contribution in [0, 0.1) is 11.8 Å². The first-order chi connectivity index (χ1) is 18.3. The highest BCUT2D eigenvalue weighted by molar-refractivity contribution is 6.25. The third-order valence-corrected chi connectivity index (χ3v) is 8.47. The van der Waals surface area contributed by atoms with Crippen molar-refractivity contribution in [3.05, 3.63) is 45.2 Å². The number of rotatable bonds is 3. The number of aryl methyl sites for hydroxylation is 1. The number of aliphatic hydroxyl groups excluding tert-OH is 2. The van der Waals surface area contributed by atoms with Gasteiger partial charge in [-0.15, -0.1) is 0 Å². The molecule has 1 fully saturated rings. The second-order valence-corrected chi connectivity index (χ2v) is 13.7. The number of amides is 1. The lowest BCUT2D eigenvalue weighted by Crippen LogP contribution is -2.66. The molecule has 3 aliphatic rings. The van der Waals surface area contributed by atoms with Gasteiger partial charge in [0, 0.05) is 22.6 Å². The molecule has 1 saturated carbocycles. The Labute approximate surface area is 235 Å². The Morgan fingerprint density at radius 2 is 1.70 bits per heavy atom. The summed E-state index contributed by atoms with van der Waals surface area (Å²) >= 11 is 0. The normalized spacial score (nSPS) is 27.0. The Morgan fingerprint density at radius 1 is 1.10 bits per heavy atom. The minimum Gasteiger partial charge on any atom is -0.508 e. The molecule has 3 aliphatic carbocycles. The highest BCUT2D eigenvalue weighted by Crippen LogP contribution is 2.54. The van der Waals surface area contributed by atoms with E-state index in [9.17, 15) is 34.8 Å². The van der Waals surface area contributed by atoms with Gasteiger partial charge in [0.15, 0.2) is 11.4 Å². The van der Waals surface area contributed by atoms with E-state index in [0.717, 1.165) is 11.1 Å². The predicted molar refractivity (Wildman–Crippen MR) is 151 cm³/mol. The van der Waals surface area contributed by atoms with Crippen LogP contribution in [-0.2, 0) is 32.6 Å². The number of benzene rings is 1. The van der Waals surface area contributed by atoms with Crippen LogP contribution in [0.3, 0.4) is 0 Å². The molecule has 5 N–H and O–H groups in total. The van der Waals surface area contributed by atoms with Gasteiger partial charge in [0.25, 0.3) is 5.91 Å². The lowest BCUT2D eigenvalue weighted by Gasteiger charge is -2.50. The van der Waals surface area contributed by atoms with Gasteiger partial charge in [-0.05, 0) is 76.6 Å². The van der Waals surface area contributed by atoms with Gasteiger partial charge in [-0.1, -0.05) is 33.8 Å².